The van der Waals surface area contributed by atoms with Crippen molar-refractivity contribution in [3.8, 4) is 0 Å². The van der Waals surface area contributed by atoms with Crippen molar-refractivity contribution < 1.29 is 19.5 Å². The average Bonchev–Trinajstić information content (AvgIpc) is 1.53. The summed E-state index contributed by atoms with van der Waals surface area (Å²) < 4.78 is 0.550. The first-order chi connectivity index (χ1) is 4.81. The highest BCUT2D eigenvalue weighted by molar-refractivity contribution is 5.64. The van der Waals surface area contributed by atoms with E-state index in [1.807, 2.05) is 21.1 Å². The number of carboxylic acids is 1. The van der Waals surface area contributed by atoms with Crippen molar-refractivity contribution in [2.45, 2.75) is 12.5 Å². The molecule has 0 aromatic heterocycles. The van der Waals surface area contributed by atoms with Crippen LogP contribution in [0, 0.1) is 0 Å². The Morgan fingerprint density at radius 1 is 1.55 bits per heavy atom. The first kappa shape index (κ1) is 10.4. The van der Waals surface area contributed by atoms with Crippen molar-refractivity contribution in [2.75, 3.05) is 27.7 Å². The lowest BCUT2D eigenvalue weighted by molar-refractivity contribution is -0.873. The van der Waals surface area contributed by atoms with Crippen LogP contribution in [-0.2, 0) is 4.79 Å². The monoisotopic (exact) mass is 161 g/mol. The molecule has 0 saturated carbocycles. The molecule has 0 spiro atoms. The van der Waals surface area contributed by atoms with E-state index in [4.69, 9.17) is 5.11 Å². The topological polar surface area (TPSA) is 60.4 Å². The van der Waals surface area contributed by atoms with Crippen LogP contribution in [0.15, 0.2) is 0 Å². The number of likely N-dealkylation sites (N-methyl/N-ethyl adjacent to an activating group) is 1. The molecule has 11 heavy (non-hydrogen) atoms. The van der Waals surface area contributed by atoms with Crippen molar-refractivity contribution in [2.24, 2.45) is 0 Å². The number of aliphatic hydroxyl groups excluding tert-OH is 1. The van der Waals surface area contributed by atoms with Gasteiger partial charge in [-0.1, -0.05) is 0 Å². The second kappa shape index (κ2) is 3.69. The third-order valence-electron chi connectivity index (χ3n) is 1.16. The Labute approximate surface area is 66.6 Å². The Bertz CT molecular complexity index is 139. The second-order valence-corrected chi connectivity index (χ2v) is 3.70. The normalized spacial score (nSPS) is 14.5. The van der Waals surface area contributed by atoms with E-state index in [-0.39, 0.29) is 6.42 Å². The summed E-state index contributed by atoms with van der Waals surface area (Å²) >= 11 is 0. The Kier molecular flexibility index (Phi) is 3.48. The molecule has 1 N–H and O–H groups in total. The van der Waals surface area contributed by atoms with Gasteiger partial charge in [0.15, 0.2) is 0 Å². The minimum absolute atomic E-state index is 0.282. The third-order valence-corrected chi connectivity index (χ3v) is 1.16. The molecule has 0 radical (unpaired) electrons. The van der Waals surface area contributed by atoms with E-state index in [1.165, 1.54) is 0 Å². The van der Waals surface area contributed by atoms with Crippen LogP contribution < -0.4 is 5.11 Å². The number of hydrogen-bond acceptors (Lipinski definition) is 3. The number of carboxylic acid groups (broad SMARTS) is 1. The molecule has 4 heteroatoms. The molecule has 0 amide bonds. The lowest BCUT2D eigenvalue weighted by Crippen LogP contribution is -2.43. The fourth-order valence-corrected chi connectivity index (χ4v) is 0.889. The van der Waals surface area contributed by atoms with Crippen LogP contribution in [0.5, 0.6) is 0 Å². The van der Waals surface area contributed by atoms with Crippen LogP contribution >= 0.6 is 0 Å². The van der Waals surface area contributed by atoms with Gasteiger partial charge in [-0.05, 0) is 0 Å². The molecule has 0 aliphatic carbocycles. The van der Waals surface area contributed by atoms with Gasteiger partial charge < -0.3 is 19.5 Å². The summed E-state index contributed by atoms with van der Waals surface area (Å²) in [6.45, 7) is 0.425. The van der Waals surface area contributed by atoms with Gasteiger partial charge in [-0.3, -0.25) is 0 Å². The van der Waals surface area contributed by atoms with Crippen LogP contribution in [0.3, 0.4) is 0 Å². The van der Waals surface area contributed by atoms with Gasteiger partial charge in [0.25, 0.3) is 0 Å². The van der Waals surface area contributed by atoms with Gasteiger partial charge in [0.2, 0.25) is 0 Å². The highest BCUT2D eigenvalue weighted by atomic mass is 16.4. The maximum atomic E-state index is 10.0. The largest absolute Gasteiger partial charge is 0.550 e. The van der Waals surface area contributed by atoms with Crippen molar-refractivity contribution in [1.29, 1.82) is 0 Å². The van der Waals surface area contributed by atoms with Crippen molar-refractivity contribution in [3.05, 3.63) is 0 Å². The van der Waals surface area contributed by atoms with Gasteiger partial charge in [0.05, 0.1) is 21.1 Å². The second-order valence-electron chi connectivity index (χ2n) is 3.70. The molecule has 1 atom stereocenters. The summed E-state index contributed by atoms with van der Waals surface area (Å²) in [4.78, 5) is 10.0. The van der Waals surface area contributed by atoms with E-state index in [0.29, 0.717) is 11.0 Å². The molecule has 0 aromatic carbocycles. The smallest absolute Gasteiger partial charge is 0.108 e. The molecule has 0 saturated heterocycles. The quantitative estimate of drug-likeness (QED) is 0.494. The van der Waals surface area contributed by atoms with Gasteiger partial charge in [-0.25, -0.2) is 0 Å². The number of quaternary nitrogens is 1. The minimum Gasteiger partial charge on any atom is -0.550 e. The van der Waals surface area contributed by atoms with Crippen LogP contribution in [-0.4, -0.2) is 49.4 Å². The molecule has 4 nitrogen and oxygen atoms in total. The zero-order chi connectivity index (χ0) is 9.07. The van der Waals surface area contributed by atoms with E-state index < -0.39 is 12.1 Å². The van der Waals surface area contributed by atoms with Crippen LogP contribution in [0.2, 0.25) is 0 Å². The summed E-state index contributed by atoms with van der Waals surface area (Å²) in [5.74, 6) is -1.20. The van der Waals surface area contributed by atoms with Crippen LogP contribution in [0.1, 0.15) is 6.42 Å². The fraction of sp³-hybridized carbons (Fsp3) is 0.857. The first-order valence-electron chi connectivity index (χ1n) is 3.49. The lowest BCUT2D eigenvalue weighted by Gasteiger charge is -2.26. The predicted molar refractivity (Wildman–Crippen MR) is 38.5 cm³/mol. The van der Waals surface area contributed by atoms with Gasteiger partial charge >= 0.3 is 0 Å². The molecule has 0 aliphatic rings. The summed E-state index contributed by atoms with van der Waals surface area (Å²) in [5, 5.41) is 19.1. The number of carbonyl (C=O) groups is 1. The Morgan fingerprint density at radius 2 is 2.00 bits per heavy atom. The molecule has 0 fully saturated rings. The van der Waals surface area contributed by atoms with Gasteiger partial charge in [-0.15, -0.1) is 0 Å². The standard InChI is InChI=1S/C7H15NO3/c1-8(2,3)5-6(9)4-7(10)11/h6,9H,4-5H2,1-3H3/t6-/m0/s1. The summed E-state index contributed by atoms with van der Waals surface area (Å²) in [7, 11) is 5.66. The van der Waals surface area contributed by atoms with Crippen LogP contribution in [0.4, 0.5) is 0 Å². The third kappa shape index (κ3) is 7.29. The molecule has 0 aromatic rings. The van der Waals surface area contributed by atoms with Crippen molar-refractivity contribution in [1.82, 2.24) is 0 Å². The predicted octanol–water partition coefficient (Wildman–Crippen LogP) is -1.81. The number of aliphatic hydroxyl groups is 1. The summed E-state index contributed by atoms with van der Waals surface area (Å²) in [6, 6.07) is 0. The van der Waals surface area contributed by atoms with Gasteiger partial charge in [-0.2, -0.15) is 0 Å². The average molecular weight is 161 g/mol. The summed E-state index contributed by atoms with van der Waals surface area (Å²) in [5.41, 5.74) is 0. The molecule has 0 aliphatic heterocycles. The van der Waals surface area contributed by atoms with E-state index in [0.717, 1.165) is 0 Å². The first-order valence-corrected chi connectivity index (χ1v) is 3.49. The number of aliphatic carboxylic acids is 1. The van der Waals surface area contributed by atoms with E-state index >= 15 is 0 Å². The molecular formula is C7H15NO3. The highest BCUT2D eigenvalue weighted by Crippen LogP contribution is 1.97. The maximum absolute atomic E-state index is 10.0. The fourth-order valence-electron chi connectivity index (χ4n) is 0.889. The molecule has 0 rings (SSSR count). The number of rotatable bonds is 4. The number of hydrogen-bond donors (Lipinski definition) is 1. The van der Waals surface area contributed by atoms with E-state index in [9.17, 15) is 9.90 Å². The maximum Gasteiger partial charge on any atom is 0.108 e. The molecule has 66 valence electrons. The minimum atomic E-state index is -1.20. The zero-order valence-corrected chi connectivity index (χ0v) is 7.20. The SMILES string of the molecule is C[N+](C)(C)C[C@@H](O)CC(=O)[O-]. The molecule has 0 heterocycles. The Hall–Kier alpha value is -0.610. The van der Waals surface area contributed by atoms with E-state index in [2.05, 4.69) is 0 Å². The van der Waals surface area contributed by atoms with E-state index in [1.54, 1.807) is 0 Å². The molecule has 0 unspecified atom stereocenters. The lowest BCUT2D eigenvalue weighted by atomic mass is 10.2. The number of carbonyl (C=O) groups excluding carboxylic acids is 1. The highest BCUT2D eigenvalue weighted by Gasteiger charge is 2.14. The Balaban J connectivity index is 3.69. The van der Waals surface area contributed by atoms with Gasteiger partial charge in [0.1, 0.15) is 12.6 Å². The molecule has 0 bridgehead atoms. The van der Waals surface area contributed by atoms with Crippen LogP contribution in [0.25, 0.3) is 0 Å². The Morgan fingerprint density at radius 3 is 2.27 bits per heavy atom. The van der Waals surface area contributed by atoms with Crippen molar-refractivity contribution >= 4 is 5.97 Å². The van der Waals surface area contributed by atoms with Crippen molar-refractivity contribution in [3.63, 3.8) is 0 Å². The van der Waals surface area contributed by atoms with Gasteiger partial charge in [0, 0.05) is 12.4 Å². The zero-order valence-electron chi connectivity index (χ0n) is 7.20. The summed E-state index contributed by atoms with van der Waals surface area (Å²) in [6.07, 6.45) is -1.09. The molecular weight excluding hydrogens is 146 g/mol. The number of nitrogens with zero attached hydrogens (tertiary/aromatic N) is 1.